The zero-order chi connectivity index (χ0) is 13.8. The standard InChI is InChI=1S/C6H10N4O4.BH2O2/c1-10(3-5(11)12)4(6(13)14)2-8-9-7;2-1-3/h4H,2-3H2,1H3,(H,11,12)(H,13,14);2-3H. The van der Waals surface area contributed by atoms with Crippen LogP contribution in [0.1, 0.15) is 0 Å². The summed E-state index contributed by atoms with van der Waals surface area (Å²) in [6.45, 7) is -0.715. The summed E-state index contributed by atoms with van der Waals surface area (Å²) < 4.78 is 0. The molecule has 1 radical (unpaired) electrons. The maximum absolute atomic E-state index is 10.6. The third kappa shape index (κ3) is 10.5. The maximum atomic E-state index is 10.6. The molecule has 95 valence electrons. The molecule has 0 aliphatic rings. The summed E-state index contributed by atoms with van der Waals surface area (Å²) in [4.78, 5) is 24.4. The number of likely N-dealkylation sites (N-methyl/N-ethyl adjacent to an activating group) is 1. The lowest BCUT2D eigenvalue weighted by Gasteiger charge is -2.20. The Morgan fingerprint density at radius 2 is 1.94 bits per heavy atom. The van der Waals surface area contributed by atoms with Crippen molar-refractivity contribution in [3.8, 4) is 0 Å². The second-order valence-corrected chi connectivity index (χ2v) is 2.69. The molecule has 1 unspecified atom stereocenters. The Balaban J connectivity index is 0. The van der Waals surface area contributed by atoms with Gasteiger partial charge in [0.1, 0.15) is 6.04 Å². The van der Waals surface area contributed by atoms with Crippen LogP contribution in [-0.2, 0) is 9.59 Å². The van der Waals surface area contributed by atoms with Crippen molar-refractivity contribution in [1.29, 1.82) is 0 Å². The lowest BCUT2D eigenvalue weighted by Crippen LogP contribution is -2.43. The average molecular weight is 247 g/mol. The summed E-state index contributed by atoms with van der Waals surface area (Å²) in [5, 5.41) is 34.2. The Labute approximate surface area is 97.0 Å². The van der Waals surface area contributed by atoms with Gasteiger partial charge in [-0.25, -0.2) is 0 Å². The van der Waals surface area contributed by atoms with Gasteiger partial charge in [0.25, 0.3) is 0 Å². The molecular weight excluding hydrogens is 235 g/mol. The van der Waals surface area contributed by atoms with E-state index in [4.69, 9.17) is 25.8 Å². The zero-order valence-corrected chi connectivity index (χ0v) is 8.96. The zero-order valence-electron chi connectivity index (χ0n) is 8.96. The van der Waals surface area contributed by atoms with E-state index in [1.165, 1.54) is 7.05 Å². The fourth-order valence-electron chi connectivity index (χ4n) is 0.843. The Kier molecular flexibility index (Phi) is 11.1. The lowest BCUT2D eigenvalue weighted by molar-refractivity contribution is -0.145. The number of aliphatic carboxylic acids is 2. The minimum Gasteiger partial charge on any atom is -0.480 e. The minimum absolute atomic E-state index is 0. The number of azide groups is 1. The molecule has 1 atom stereocenters. The van der Waals surface area contributed by atoms with Crippen molar-refractivity contribution < 1.29 is 29.9 Å². The first-order valence-electron chi connectivity index (χ1n) is 4.16. The molecule has 0 fully saturated rings. The molecule has 10 nitrogen and oxygen atoms in total. The van der Waals surface area contributed by atoms with Gasteiger partial charge in [-0.2, -0.15) is 0 Å². The number of carboxylic acids is 2. The van der Waals surface area contributed by atoms with Gasteiger partial charge in [-0.05, 0) is 12.6 Å². The van der Waals surface area contributed by atoms with Crippen molar-refractivity contribution in [2.24, 2.45) is 5.11 Å². The largest absolute Gasteiger partial charge is 0.482 e. The molecule has 17 heavy (non-hydrogen) atoms. The molecule has 0 aromatic carbocycles. The van der Waals surface area contributed by atoms with Gasteiger partial charge in [-0.3, -0.25) is 14.5 Å². The van der Waals surface area contributed by atoms with Crippen molar-refractivity contribution in [3.05, 3.63) is 10.4 Å². The third-order valence-corrected chi connectivity index (χ3v) is 1.52. The van der Waals surface area contributed by atoms with Crippen molar-refractivity contribution >= 4 is 19.6 Å². The molecule has 0 spiro atoms. The topological polar surface area (TPSA) is 167 Å². The smallest absolute Gasteiger partial charge is 0.480 e. The second-order valence-electron chi connectivity index (χ2n) is 2.69. The first-order chi connectivity index (χ1) is 7.90. The van der Waals surface area contributed by atoms with Crippen molar-refractivity contribution in [2.75, 3.05) is 20.1 Å². The van der Waals surface area contributed by atoms with E-state index in [0.717, 1.165) is 4.90 Å². The van der Waals surface area contributed by atoms with Crippen LogP contribution >= 0.6 is 0 Å². The van der Waals surface area contributed by atoms with Crippen LogP contribution in [0.15, 0.2) is 5.11 Å². The van der Waals surface area contributed by atoms with Crippen molar-refractivity contribution in [3.63, 3.8) is 0 Å². The molecule has 0 aromatic rings. The Morgan fingerprint density at radius 3 is 2.24 bits per heavy atom. The van der Waals surface area contributed by atoms with Crippen LogP contribution in [0.4, 0.5) is 0 Å². The highest BCUT2D eigenvalue weighted by atomic mass is 16.4. The summed E-state index contributed by atoms with van der Waals surface area (Å²) in [5.41, 5.74) is 7.99. The van der Waals surface area contributed by atoms with E-state index in [1.54, 1.807) is 0 Å². The number of hydrogen-bond donors (Lipinski definition) is 4. The van der Waals surface area contributed by atoms with Crippen LogP contribution in [0.3, 0.4) is 0 Å². The second kappa shape index (κ2) is 10.7. The maximum Gasteiger partial charge on any atom is 0.482 e. The summed E-state index contributed by atoms with van der Waals surface area (Å²) in [5.74, 6) is -2.36. The SMILES string of the molecule is CN(CC(=O)O)C(CN=[N+]=[N-])C(=O)O.O[B]O. The summed E-state index contributed by atoms with van der Waals surface area (Å²) in [6.07, 6.45) is 0. The first kappa shape index (κ1) is 17.6. The van der Waals surface area contributed by atoms with Crippen LogP contribution in [0.25, 0.3) is 10.4 Å². The van der Waals surface area contributed by atoms with E-state index in [0.29, 0.717) is 0 Å². The van der Waals surface area contributed by atoms with Crippen LogP contribution in [0.5, 0.6) is 0 Å². The molecule has 0 aromatic heterocycles. The highest BCUT2D eigenvalue weighted by Gasteiger charge is 2.23. The predicted octanol–water partition coefficient (Wildman–Crippen LogP) is -1.73. The normalized spacial score (nSPS) is 10.6. The first-order valence-corrected chi connectivity index (χ1v) is 4.16. The highest BCUT2D eigenvalue weighted by Crippen LogP contribution is 1.97. The molecule has 0 aliphatic carbocycles. The van der Waals surface area contributed by atoms with E-state index in [9.17, 15) is 9.59 Å². The van der Waals surface area contributed by atoms with E-state index < -0.39 is 24.5 Å². The van der Waals surface area contributed by atoms with E-state index in [2.05, 4.69) is 10.0 Å². The monoisotopic (exact) mass is 247 g/mol. The molecule has 0 heterocycles. The summed E-state index contributed by atoms with van der Waals surface area (Å²) in [6, 6.07) is -1.11. The van der Waals surface area contributed by atoms with E-state index in [1.807, 2.05) is 0 Å². The molecule has 0 saturated carbocycles. The Morgan fingerprint density at radius 1 is 1.47 bits per heavy atom. The molecule has 0 rings (SSSR count). The van der Waals surface area contributed by atoms with Gasteiger partial charge in [0.05, 0.1) is 13.1 Å². The van der Waals surface area contributed by atoms with Gasteiger partial charge in [-0.1, -0.05) is 5.11 Å². The van der Waals surface area contributed by atoms with Crippen molar-refractivity contribution in [1.82, 2.24) is 4.90 Å². The van der Waals surface area contributed by atoms with Gasteiger partial charge < -0.3 is 20.3 Å². The lowest BCUT2D eigenvalue weighted by atomic mass is 10.2. The Hall–Kier alpha value is -1.81. The number of hydrogen-bond acceptors (Lipinski definition) is 6. The Bertz CT molecular complexity index is 294. The molecule has 11 heteroatoms. The van der Waals surface area contributed by atoms with Crippen LogP contribution < -0.4 is 0 Å². The van der Waals surface area contributed by atoms with E-state index in [-0.39, 0.29) is 14.2 Å². The van der Waals surface area contributed by atoms with Crippen LogP contribution in [0, 0.1) is 0 Å². The molecule has 4 N–H and O–H groups in total. The molecule has 0 amide bonds. The third-order valence-electron chi connectivity index (χ3n) is 1.52. The molecule has 0 saturated heterocycles. The average Bonchev–Trinajstić information content (AvgIpc) is 2.17. The molecule has 0 aliphatic heterocycles. The highest BCUT2D eigenvalue weighted by molar-refractivity contribution is 6.13. The van der Waals surface area contributed by atoms with Crippen molar-refractivity contribution in [2.45, 2.75) is 6.04 Å². The predicted molar refractivity (Wildman–Crippen MR) is 55.9 cm³/mol. The fourth-order valence-corrected chi connectivity index (χ4v) is 0.843. The minimum atomic E-state index is -1.22. The quantitative estimate of drug-likeness (QED) is 0.187. The number of carboxylic acid groups (broad SMARTS) is 2. The summed E-state index contributed by atoms with van der Waals surface area (Å²) in [7, 11) is 1.33. The van der Waals surface area contributed by atoms with Crippen LogP contribution in [0.2, 0.25) is 0 Å². The van der Waals surface area contributed by atoms with Gasteiger partial charge in [0, 0.05) is 4.91 Å². The molecular formula is C6H12BN4O6. The molecule has 0 bridgehead atoms. The van der Waals surface area contributed by atoms with Gasteiger partial charge in [-0.15, -0.1) is 0 Å². The van der Waals surface area contributed by atoms with Gasteiger partial charge >= 0.3 is 19.6 Å². The number of nitrogens with zero attached hydrogens (tertiary/aromatic N) is 4. The number of rotatable bonds is 6. The van der Waals surface area contributed by atoms with E-state index >= 15 is 0 Å². The summed E-state index contributed by atoms with van der Waals surface area (Å²) >= 11 is 0. The van der Waals surface area contributed by atoms with Gasteiger partial charge in [0.2, 0.25) is 0 Å². The number of carbonyl (C=O) groups is 2. The fraction of sp³-hybridized carbons (Fsp3) is 0.667. The van der Waals surface area contributed by atoms with Gasteiger partial charge in [0.15, 0.2) is 0 Å². The van der Waals surface area contributed by atoms with Crippen LogP contribution in [-0.4, -0.2) is 71.0 Å².